The van der Waals surface area contributed by atoms with Crippen LogP contribution in [0.4, 0.5) is 13.2 Å². The van der Waals surface area contributed by atoms with Crippen LogP contribution in [0.2, 0.25) is 0 Å². The summed E-state index contributed by atoms with van der Waals surface area (Å²) in [7, 11) is 0. The average molecular weight is 168 g/mol. The molecule has 0 saturated carbocycles. The molecule has 0 saturated heterocycles. The maximum absolute atomic E-state index is 12.0. The van der Waals surface area contributed by atoms with Crippen LogP contribution in [-0.2, 0) is 0 Å². The first-order valence-electron chi connectivity index (χ1n) is 3.96. The first kappa shape index (κ1) is 10.8. The summed E-state index contributed by atoms with van der Waals surface area (Å²) in [5, 5.41) is 0. The van der Waals surface area contributed by atoms with E-state index in [2.05, 4.69) is 0 Å². The van der Waals surface area contributed by atoms with Crippen molar-refractivity contribution in [1.82, 2.24) is 0 Å². The Morgan fingerprint density at radius 3 is 1.91 bits per heavy atom. The van der Waals surface area contributed by atoms with Gasteiger partial charge in [-0.05, 0) is 5.92 Å². The van der Waals surface area contributed by atoms with E-state index in [1.807, 2.05) is 6.92 Å². The third kappa shape index (κ3) is 3.63. The SMILES string of the molecule is CCCC(C)C(C)C(F)(F)F. The molecule has 2 unspecified atom stereocenters. The van der Waals surface area contributed by atoms with E-state index in [0.29, 0.717) is 6.42 Å². The highest BCUT2D eigenvalue weighted by molar-refractivity contribution is 4.68. The smallest absolute Gasteiger partial charge is 0.171 e. The van der Waals surface area contributed by atoms with Crippen molar-refractivity contribution < 1.29 is 13.2 Å². The molecule has 0 N–H and O–H groups in total. The predicted molar refractivity (Wildman–Crippen MR) is 39.3 cm³/mol. The number of alkyl halides is 3. The summed E-state index contributed by atoms with van der Waals surface area (Å²) >= 11 is 0. The van der Waals surface area contributed by atoms with Gasteiger partial charge in [0, 0.05) is 0 Å². The molecule has 0 heterocycles. The fourth-order valence-corrected chi connectivity index (χ4v) is 1.03. The zero-order chi connectivity index (χ0) is 9.07. The van der Waals surface area contributed by atoms with Crippen molar-refractivity contribution in [1.29, 1.82) is 0 Å². The summed E-state index contributed by atoms with van der Waals surface area (Å²) in [5.74, 6) is -1.41. The molecule has 0 aliphatic rings. The summed E-state index contributed by atoms with van der Waals surface area (Å²) in [5.41, 5.74) is 0. The van der Waals surface area contributed by atoms with E-state index in [-0.39, 0.29) is 5.92 Å². The molecule has 0 radical (unpaired) electrons. The van der Waals surface area contributed by atoms with Crippen LogP contribution in [-0.4, -0.2) is 6.18 Å². The van der Waals surface area contributed by atoms with Gasteiger partial charge in [0.05, 0.1) is 5.92 Å². The fourth-order valence-electron chi connectivity index (χ4n) is 1.03. The molecular formula is C8H15F3. The van der Waals surface area contributed by atoms with Crippen LogP contribution in [0, 0.1) is 11.8 Å². The third-order valence-corrected chi connectivity index (χ3v) is 2.11. The minimum atomic E-state index is -4.02. The largest absolute Gasteiger partial charge is 0.391 e. The predicted octanol–water partition coefficient (Wildman–Crippen LogP) is 3.62. The van der Waals surface area contributed by atoms with Gasteiger partial charge in [-0.15, -0.1) is 0 Å². The van der Waals surface area contributed by atoms with Crippen molar-refractivity contribution in [2.75, 3.05) is 0 Å². The normalized spacial score (nSPS) is 18.0. The minimum absolute atomic E-state index is 0.250. The molecule has 0 spiro atoms. The second kappa shape index (κ2) is 3.98. The molecule has 68 valence electrons. The van der Waals surface area contributed by atoms with Crippen LogP contribution >= 0.6 is 0 Å². The topological polar surface area (TPSA) is 0 Å². The Kier molecular flexibility index (Phi) is 3.90. The number of hydrogen-bond donors (Lipinski definition) is 0. The first-order chi connectivity index (χ1) is 4.89. The molecule has 0 aromatic rings. The van der Waals surface area contributed by atoms with Crippen LogP contribution in [0.15, 0.2) is 0 Å². The van der Waals surface area contributed by atoms with Gasteiger partial charge in [-0.1, -0.05) is 33.6 Å². The maximum Gasteiger partial charge on any atom is 0.391 e. The lowest BCUT2D eigenvalue weighted by Gasteiger charge is -2.21. The van der Waals surface area contributed by atoms with Crippen LogP contribution < -0.4 is 0 Å². The molecule has 0 aromatic carbocycles. The molecule has 0 aliphatic heterocycles. The highest BCUT2D eigenvalue weighted by atomic mass is 19.4. The van der Waals surface area contributed by atoms with E-state index in [0.717, 1.165) is 6.42 Å². The van der Waals surface area contributed by atoms with Crippen molar-refractivity contribution >= 4 is 0 Å². The molecule has 0 fully saturated rings. The van der Waals surface area contributed by atoms with Gasteiger partial charge < -0.3 is 0 Å². The lowest BCUT2D eigenvalue weighted by atomic mass is 9.91. The van der Waals surface area contributed by atoms with E-state index < -0.39 is 12.1 Å². The zero-order valence-electron chi connectivity index (χ0n) is 7.20. The Balaban J connectivity index is 3.91. The van der Waals surface area contributed by atoms with E-state index in [1.54, 1.807) is 6.92 Å². The number of rotatable bonds is 3. The first-order valence-corrected chi connectivity index (χ1v) is 3.96. The Bertz CT molecular complexity index is 106. The van der Waals surface area contributed by atoms with Crippen molar-refractivity contribution in [3.8, 4) is 0 Å². The Morgan fingerprint density at radius 2 is 1.64 bits per heavy atom. The minimum Gasteiger partial charge on any atom is -0.171 e. The highest BCUT2D eigenvalue weighted by Gasteiger charge is 2.38. The molecule has 0 aromatic heterocycles. The van der Waals surface area contributed by atoms with Gasteiger partial charge in [0.2, 0.25) is 0 Å². The molecular weight excluding hydrogens is 153 g/mol. The Hall–Kier alpha value is -0.210. The molecule has 0 aliphatic carbocycles. The summed E-state index contributed by atoms with van der Waals surface area (Å²) < 4.78 is 36.1. The van der Waals surface area contributed by atoms with Gasteiger partial charge in [0.15, 0.2) is 0 Å². The number of hydrogen-bond acceptors (Lipinski definition) is 0. The van der Waals surface area contributed by atoms with Gasteiger partial charge in [0.1, 0.15) is 0 Å². The van der Waals surface area contributed by atoms with Crippen LogP contribution in [0.5, 0.6) is 0 Å². The number of halogens is 3. The van der Waals surface area contributed by atoms with E-state index in [4.69, 9.17) is 0 Å². The maximum atomic E-state index is 12.0. The van der Waals surface area contributed by atoms with E-state index in [1.165, 1.54) is 6.92 Å². The van der Waals surface area contributed by atoms with Crippen LogP contribution in [0.25, 0.3) is 0 Å². The summed E-state index contributed by atoms with van der Waals surface area (Å²) in [6.45, 7) is 4.81. The molecule has 3 heteroatoms. The Morgan fingerprint density at radius 1 is 1.18 bits per heavy atom. The lowest BCUT2D eigenvalue weighted by molar-refractivity contribution is -0.182. The Labute approximate surface area is 65.8 Å². The van der Waals surface area contributed by atoms with Gasteiger partial charge in [-0.3, -0.25) is 0 Å². The molecule has 0 rings (SSSR count). The quantitative estimate of drug-likeness (QED) is 0.603. The molecule has 11 heavy (non-hydrogen) atoms. The van der Waals surface area contributed by atoms with Gasteiger partial charge in [0.25, 0.3) is 0 Å². The van der Waals surface area contributed by atoms with Crippen molar-refractivity contribution in [3.63, 3.8) is 0 Å². The van der Waals surface area contributed by atoms with Crippen molar-refractivity contribution in [2.45, 2.75) is 39.8 Å². The van der Waals surface area contributed by atoms with Crippen LogP contribution in [0.3, 0.4) is 0 Å². The highest BCUT2D eigenvalue weighted by Crippen LogP contribution is 2.33. The summed E-state index contributed by atoms with van der Waals surface area (Å²) in [6, 6.07) is 0. The molecule has 0 bridgehead atoms. The van der Waals surface area contributed by atoms with Crippen molar-refractivity contribution in [3.05, 3.63) is 0 Å². The summed E-state index contributed by atoms with van der Waals surface area (Å²) in [4.78, 5) is 0. The molecule has 0 nitrogen and oxygen atoms in total. The summed E-state index contributed by atoms with van der Waals surface area (Å²) in [6.07, 6.45) is -2.54. The fraction of sp³-hybridized carbons (Fsp3) is 1.00. The second-order valence-electron chi connectivity index (χ2n) is 3.10. The standard InChI is InChI=1S/C8H15F3/c1-4-5-6(2)7(3)8(9,10)11/h6-7H,4-5H2,1-3H3. The van der Waals surface area contributed by atoms with Gasteiger partial charge >= 0.3 is 6.18 Å². The lowest BCUT2D eigenvalue weighted by Crippen LogP contribution is -2.25. The zero-order valence-corrected chi connectivity index (χ0v) is 7.20. The third-order valence-electron chi connectivity index (χ3n) is 2.11. The monoisotopic (exact) mass is 168 g/mol. The van der Waals surface area contributed by atoms with Gasteiger partial charge in [-0.25, -0.2) is 0 Å². The van der Waals surface area contributed by atoms with E-state index in [9.17, 15) is 13.2 Å². The van der Waals surface area contributed by atoms with E-state index >= 15 is 0 Å². The van der Waals surface area contributed by atoms with Crippen LogP contribution in [0.1, 0.15) is 33.6 Å². The average Bonchev–Trinajstić information content (AvgIpc) is 1.85. The van der Waals surface area contributed by atoms with Crippen molar-refractivity contribution in [2.24, 2.45) is 11.8 Å². The van der Waals surface area contributed by atoms with Gasteiger partial charge in [-0.2, -0.15) is 13.2 Å². The molecule has 2 atom stereocenters. The molecule has 0 amide bonds. The second-order valence-corrected chi connectivity index (χ2v) is 3.10.